The van der Waals surface area contributed by atoms with Crippen molar-refractivity contribution in [3.8, 4) is 5.88 Å². The van der Waals surface area contributed by atoms with Gasteiger partial charge in [0.05, 0.1) is 19.2 Å². The first-order valence-corrected chi connectivity index (χ1v) is 9.08. The van der Waals surface area contributed by atoms with Crippen LogP contribution >= 0.6 is 0 Å². The average Bonchev–Trinajstić information content (AvgIpc) is 2.98. The minimum absolute atomic E-state index is 0.0190. The van der Waals surface area contributed by atoms with Gasteiger partial charge in [-0.15, -0.1) is 0 Å². The fourth-order valence-electron chi connectivity index (χ4n) is 3.37. The van der Waals surface area contributed by atoms with Gasteiger partial charge in [-0.25, -0.2) is 0 Å². The molecule has 0 aliphatic carbocycles. The number of hydrogen-bond donors (Lipinski definition) is 2. The maximum Gasteiger partial charge on any atom is 0.225 e. The molecule has 1 aliphatic heterocycles. The van der Waals surface area contributed by atoms with Gasteiger partial charge in [0.25, 0.3) is 0 Å². The third kappa shape index (κ3) is 4.66. The molecule has 2 aromatic heterocycles. The highest BCUT2D eigenvalue weighted by atomic mass is 16.5. The normalized spacial score (nSPS) is 17.0. The van der Waals surface area contributed by atoms with Crippen LogP contribution in [0.5, 0.6) is 5.88 Å². The van der Waals surface area contributed by atoms with Crippen molar-refractivity contribution in [2.75, 3.05) is 37.4 Å². The molecular weight excluding hydrogens is 348 g/mol. The monoisotopic (exact) mass is 374 g/mol. The zero-order valence-electron chi connectivity index (χ0n) is 16.0. The molecule has 1 saturated heterocycles. The number of aromatic nitrogens is 3. The van der Waals surface area contributed by atoms with Crippen molar-refractivity contribution in [1.29, 1.82) is 0 Å². The third-order valence-corrected chi connectivity index (χ3v) is 4.86. The second-order valence-corrected chi connectivity index (χ2v) is 6.86. The molecule has 9 heteroatoms. The zero-order chi connectivity index (χ0) is 19.4. The van der Waals surface area contributed by atoms with Crippen molar-refractivity contribution in [2.24, 2.45) is 5.92 Å². The standard InChI is InChI=1S/C18H26N6O3/c1-11-14(12(2)27-23-11)7-16(25)20-9-13-5-4-6-24(10-13)15-8-17(26-3)22-18(19)21-15/h8,13H,4-7,9-10H2,1-3H3,(H,20,25)(H2,19,21,22). The summed E-state index contributed by atoms with van der Waals surface area (Å²) in [5.41, 5.74) is 7.39. The fourth-order valence-corrected chi connectivity index (χ4v) is 3.37. The summed E-state index contributed by atoms with van der Waals surface area (Å²) in [7, 11) is 1.55. The van der Waals surface area contributed by atoms with Gasteiger partial charge in [-0.05, 0) is 32.6 Å². The van der Waals surface area contributed by atoms with Crippen LogP contribution in [-0.4, -0.2) is 47.8 Å². The molecule has 0 aromatic carbocycles. The summed E-state index contributed by atoms with van der Waals surface area (Å²) in [4.78, 5) is 22.8. The van der Waals surface area contributed by atoms with Crippen molar-refractivity contribution < 1.29 is 14.1 Å². The Morgan fingerprint density at radius 2 is 2.26 bits per heavy atom. The van der Waals surface area contributed by atoms with Gasteiger partial charge >= 0.3 is 0 Å². The minimum Gasteiger partial charge on any atom is -0.481 e. The number of anilines is 2. The van der Waals surface area contributed by atoms with Crippen LogP contribution in [0.2, 0.25) is 0 Å². The van der Waals surface area contributed by atoms with Gasteiger partial charge in [-0.3, -0.25) is 4.79 Å². The Hall–Kier alpha value is -2.84. The first kappa shape index (κ1) is 18.9. The number of nitrogens with two attached hydrogens (primary N) is 1. The number of ether oxygens (including phenoxy) is 1. The topological polar surface area (TPSA) is 119 Å². The van der Waals surface area contributed by atoms with Crippen LogP contribution in [-0.2, 0) is 11.2 Å². The average molecular weight is 374 g/mol. The highest BCUT2D eigenvalue weighted by Gasteiger charge is 2.23. The molecule has 3 N–H and O–H groups in total. The van der Waals surface area contributed by atoms with Crippen LogP contribution in [0.3, 0.4) is 0 Å². The number of carbonyl (C=O) groups excluding carboxylic acids is 1. The molecule has 2 aromatic rings. The van der Waals surface area contributed by atoms with Crippen molar-refractivity contribution in [3.05, 3.63) is 23.1 Å². The number of rotatable bonds is 6. The molecule has 1 fully saturated rings. The highest BCUT2D eigenvalue weighted by Crippen LogP contribution is 2.24. The Kier molecular flexibility index (Phi) is 5.78. The summed E-state index contributed by atoms with van der Waals surface area (Å²) >= 11 is 0. The molecule has 1 aliphatic rings. The van der Waals surface area contributed by atoms with E-state index in [2.05, 4.69) is 25.3 Å². The maximum absolute atomic E-state index is 12.3. The molecule has 9 nitrogen and oxygen atoms in total. The van der Waals surface area contributed by atoms with Gasteiger partial charge in [0, 0.05) is 31.3 Å². The largest absolute Gasteiger partial charge is 0.481 e. The smallest absolute Gasteiger partial charge is 0.225 e. The van der Waals surface area contributed by atoms with Crippen LogP contribution in [0.15, 0.2) is 10.6 Å². The lowest BCUT2D eigenvalue weighted by atomic mass is 9.98. The molecule has 0 bridgehead atoms. The van der Waals surface area contributed by atoms with Gasteiger partial charge < -0.3 is 25.2 Å². The Balaban J connectivity index is 1.55. The molecule has 1 unspecified atom stereocenters. The van der Waals surface area contributed by atoms with E-state index in [9.17, 15) is 4.79 Å². The number of aryl methyl sites for hydroxylation is 2. The van der Waals surface area contributed by atoms with E-state index in [-0.39, 0.29) is 18.3 Å². The highest BCUT2D eigenvalue weighted by molar-refractivity contribution is 5.79. The van der Waals surface area contributed by atoms with Crippen LogP contribution in [0.25, 0.3) is 0 Å². The van der Waals surface area contributed by atoms with Gasteiger partial charge in [-0.1, -0.05) is 5.16 Å². The quantitative estimate of drug-likeness (QED) is 0.775. The summed E-state index contributed by atoms with van der Waals surface area (Å²) in [6, 6.07) is 1.79. The number of carbonyl (C=O) groups is 1. The molecule has 0 radical (unpaired) electrons. The summed E-state index contributed by atoms with van der Waals surface area (Å²) in [5, 5.41) is 6.92. The second-order valence-electron chi connectivity index (χ2n) is 6.86. The molecule has 27 heavy (non-hydrogen) atoms. The molecule has 3 heterocycles. The van der Waals surface area contributed by atoms with E-state index in [1.807, 2.05) is 13.8 Å². The molecule has 1 atom stereocenters. The number of nitrogens with zero attached hydrogens (tertiary/aromatic N) is 4. The lowest BCUT2D eigenvalue weighted by molar-refractivity contribution is -0.120. The van der Waals surface area contributed by atoms with E-state index in [0.717, 1.165) is 43.0 Å². The van der Waals surface area contributed by atoms with Crippen molar-refractivity contribution in [3.63, 3.8) is 0 Å². The van der Waals surface area contributed by atoms with Gasteiger partial charge in [0.1, 0.15) is 11.6 Å². The third-order valence-electron chi connectivity index (χ3n) is 4.86. The van der Waals surface area contributed by atoms with E-state index >= 15 is 0 Å². The van der Waals surface area contributed by atoms with Crippen LogP contribution in [0.1, 0.15) is 29.9 Å². The predicted octanol–water partition coefficient (Wildman–Crippen LogP) is 1.25. The van der Waals surface area contributed by atoms with E-state index in [1.54, 1.807) is 13.2 Å². The number of hydrogen-bond acceptors (Lipinski definition) is 8. The molecular formula is C18H26N6O3. The number of methoxy groups -OCH3 is 1. The van der Waals surface area contributed by atoms with Crippen LogP contribution in [0, 0.1) is 19.8 Å². The van der Waals surface area contributed by atoms with Gasteiger partial charge in [-0.2, -0.15) is 9.97 Å². The molecule has 146 valence electrons. The maximum atomic E-state index is 12.3. The second kappa shape index (κ2) is 8.24. The van der Waals surface area contributed by atoms with Gasteiger partial charge in [0.2, 0.25) is 17.7 Å². The Bertz CT molecular complexity index is 787. The summed E-state index contributed by atoms with van der Waals surface area (Å²) in [6.45, 7) is 5.98. The predicted molar refractivity (Wildman–Crippen MR) is 101 cm³/mol. The number of piperidine rings is 1. The van der Waals surface area contributed by atoms with E-state index in [4.69, 9.17) is 15.0 Å². The Labute approximate surface area is 158 Å². The molecule has 0 saturated carbocycles. The summed E-state index contributed by atoms with van der Waals surface area (Å²) in [6.07, 6.45) is 2.37. The van der Waals surface area contributed by atoms with Crippen molar-refractivity contribution >= 4 is 17.7 Å². The zero-order valence-corrected chi connectivity index (χ0v) is 16.0. The van der Waals surface area contributed by atoms with Crippen LogP contribution in [0.4, 0.5) is 11.8 Å². The number of nitrogens with one attached hydrogen (secondary N) is 1. The lowest BCUT2D eigenvalue weighted by Gasteiger charge is -2.33. The van der Waals surface area contributed by atoms with Crippen molar-refractivity contribution in [2.45, 2.75) is 33.1 Å². The van der Waals surface area contributed by atoms with Gasteiger partial charge in [0.15, 0.2) is 0 Å². The van der Waals surface area contributed by atoms with E-state index in [0.29, 0.717) is 24.1 Å². The Morgan fingerprint density at radius 3 is 2.96 bits per heavy atom. The molecule has 1 amide bonds. The first-order chi connectivity index (χ1) is 13.0. The Morgan fingerprint density at radius 1 is 1.44 bits per heavy atom. The molecule has 3 rings (SSSR count). The van der Waals surface area contributed by atoms with Crippen LogP contribution < -0.4 is 20.7 Å². The summed E-state index contributed by atoms with van der Waals surface area (Å²) < 4.78 is 10.3. The van der Waals surface area contributed by atoms with E-state index in [1.165, 1.54) is 0 Å². The first-order valence-electron chi connectivity index (χ1n) is 9.08. The lowest BCUT2D eigenvalue weighted by Crippen LogP contribution is -2.41. The van der Waals surface area contributed by atoms with Crippen molar-refractivity contribution in [1.82, 2.24) is 20.4 Å². The van der Waals surface area contributed by atoms with E-state index < -0.39 is 0 Å². The number of nitrogen functional groups attached to an aromatic ring is 1. The SMILES string of the molecule is COc1cc(N2CCCC(CNC(=O)Cc3c(C)noc3C)C2)nc(N)n1. The summed E-state index contributed by atoms with van der Waals surface area (Å²) in [5.74, 6) is 2.42. The minimum atomic E-state index is -0.0190. The number of amides is 1. The fraction of sp³-hybridized carbons (Fsp3) is 0.556. The molecule has 0 spiro atoms.